The molecule has 2 aromatic carbocycles. The summed E-state index contributed by atoms with van der Waals surface area (Å²) in [5, 5.41) is 1.20. The Bertz CT molecular complexity index is 1220. The summed E-state index contributed by atoms with van der Waals surface area (Å²) in [5.41, 5.74) is 1.72. The molecule has 0 aliphatic carbocycles. The topological polar surface area (TPSA) is 67.8 Å². The zero-order valence-electron chi connectivity index (χ0n) is 18.9. The molecular formula is C24H27ClN4O3S2. The second-order valence-corrected chi connectivity index (χ2v) is 9.85. The molecule has 1 amide bonds. The van der Waals surface area contributed by atoms with Gasteiger partial charge in [-0.3, -0.25) is 14.6 Å². The number of benzene rings is 2. The van der Waals surface area contributed by atoms with Gasteiger partial charge in [0.2, 0.25) is 0 Å². The first-order chi connectivity index (χ1) is 16.2. The quantitative estimate of drug-likeness (QED) is 0.323. The van der Waals surface area contributed by atoms with Gasteiger partial charge in [0.15, 0.2) is 10.1 Å². The molecule has 0 N–H and O–H groups in total. The molecule has 5 rings (SSSR count). The fraction of sp³-hybridized carbons (Fsp3) is 0.375. The Hall–Kier alpha value is -2.30. The normalized spacial score (nSPS) is 14.3. The van der Waals surface area contributed by atoms with Crippen LogP contribution in [0.25, 0.3) is 20.4 Å². The van der Waals surface area contributed by atoms with Gasteiger partial charge in [0.05, 0.1) is 40.3 Å². The van der Waals surface area contributed by atoms with Crippen LogP contribution in [0, 0.1) is 0 Å². The number of carbonyl (C=O) groups excluding carboxylic acids is 1. The standard InChI is InChI=1S/C24H26N4O3S2.ClH/c1-2-31-17-8-9-19-21(16-17)33-24(26-19)28(11-5-10-27-12-14-30-15-13-27)23(29)22-25-18-6-3-4-7-20(18)32-22;/h3-4,6-9,16H,2,5,10-15H2,1H3;1H. The molecule has 7 nitrogen and oxygen atoms in total. The van der Waals surface area contributed by atoms with E-state index in [0.717, 1.165) is 65.5 Å². The Kier molecular flexibility index (Phi) is 8.33. The van der Waals surface area contributed by atoms with Crippen molar-refractivity contribution in [1.29, 1.82) is 0 Å². The van der Waals surface area contributed by atoms with Crippen molar-refractivity contribution < 1.29 is 14.3 Å². The second-order valence-electron chi connectivity index (χ2n) is 7.81. The first-order valence-corrected chi connectivity index (χ1v) is 12.9. The smallest absolute Gasteiger partial charge is 0.289 e. The Labute approximate surface area is 212 Å². The van der Waals surface area contributed by atoms with Crippen LogP contribution in [0.2, 0.25) is 0 Å². The molecule has 0 unspecified atom stereocenters. The number of morpholine rings is 1. The maximum Gasteiger partial charge on any atom is 0.289 e. The predicted molar refractivity (Wildman–Crippen MR) is 141 cm³/mol. The molecule has 0 bridgehead atoms. The first kappa shape index (κ1) is 24.8. The number of thiazole rings is 2. The lowest BCUT2D eigenvalue weighted by Crippen LogP contribution is -2.39. The number of amides is 1. The van der Waals surface area contributed by atoms with Crippen molar-refractivity contribution in [2.24, 2.45) is 0 Å². The van der Waals surface area contributed by atoms with Crippen LogP contribution in [-0.2, 0) is 4.74 Å². The van der Waals surface area contributed by atoms with Crippen molar-refractivity contribution in [1.82, 2.24) is 14.9 Å². The van der Waals surface area contributed by atoms with Gasteiger partial charge in [-0.1, -0.05) is 23.5 Å². The summed E-state index contributed by atoms with van der Waals surface area (Å²) < 4.78 is 13.1. The number of ether oxygens (including phenoxy) is 2. The summed E-state index contributed by atoms with van der Waals surface area (Å²) in [5.74, 6) is 0.721. The molecule has 1 saturated heterocycles. The van der Waals surface area contributed by atoms with E-state index in [1.54, 1.807) is 4.90 Å². The summed E-state index contributed by atoms with van der Waals surface area (Å²) in [6.45, 7) is 7.51. The number of anilines is 1. The number of aromatic nitrogens is 2. The zero-order valence-corrected chi connectivity index (χ0v) is 21.4. The first-order valence-electron chi connectivity index (χ1n) is 11.2. The summed E-state index contributed by atoms with van der Waals surface area (Å²) in [6.07, 6.45) is 0.858. The molecule has 180 valence electrons. The summed E-state index contributed by atoms with van der Waals surface area (Å²) >= 11 is 2.95. The van der Waals surface area contributed by atoms with Crippen molar-refractivity contribution in [2.45, 2.75) is 13.3 Å². The molecule has 34 heavy (non-hydrogen) atoms. The largest absolute Gasteiger partial charge is 0.494 e. The Morgan fingerprint density at radius 2 is 1.88 bits per heavy atom. The van der Waals surface area contributed by atoms with Crippen LogP contribution in [-0.4, -0.2) is 66.8 Å². The fourth-order valence-corrected chi connectivity index (χ4v) is 5.84. The Morgan fingerprint density at radius 1 is 1.09 bits per heavy atom. The number of para-hydroxylation sites is 1. The highest BCUT2D eigenvalue weighted by atomic mass is 35.5. The highest BCUT2D eigenvalue weighted by molar-refractivity contribution is 7.23. The Morgan fingerprint density at radius 3 is 2.68 bits per heavy atom. The minimum atomic E-state index is -0.0951. The van der Waals surface area contributed by atoms with Crippen molar-refractivity contribution in [3.63, 3.8) is 0 Å². The number of halogens is 1. The number of carbonyl (C=O) groups is 1. The van der Waals surface area contributed by atoms with Gasteiger partial charge in [-0.2, -0.15) is 0 Å². The van der Waals surface area contributed by atoms with Crippen molar-refractivity contribution >= 4 is 66.6 Å². The summed E-state index contributed by atoms with van der Waals surface area (Å²) in [4.78, 5) is 27.2. The molecule has 3 heterocycles. The molecule has 0 spiro atoms. The van der Waals surface area contributed by atoms with Crippen molar-refractivity contribution in [2.75, 3.05) is 50.9 Å². The number of hydrogen-bond acceptors (Lipinski definition) is 8. The van der Waals surface area contributed by atoms with Gasteiger partial charge in [0, 0.05) is 26.2 Å². The van der Waals surface area contributed by atoms with E-state index < -0.39 is 0 Å². The van der Waals surface area contributed by atoms with Crippen LogP contribution in [0.1, 0.15) is 23.1 Å². The molecule has 2 aromatic heterocycles. The van der Waals surface area contributed by atoms with Gasteiger partial charge in [0.1, 0.15) is 5.75 Å². The van der Waals surface area contributed by atoms with Gasteiger partial charge in [-0.15, -0.1) is 23.7 Å². The monoisotopic (exact) mass is 518 g/mol. The molecular weight excluding hydrogens is 492 g/mol. The van der Waals surface area contributed by atoms with Gasteiger partial charge < -0.3 is 9.47 Å². The van der Waals surface area contributed by atoms with E-state index in [9.17, 15) is 4.79 Å². The highest BCUT2D eigenvalue weighted by Crippen LogP contribution is 2.33. The lowest BCUT2D eigenvalue weighted by Gasteiger charge is -2.27. The van der Waals surface area contributed by atoms with E-state index in [0.29, 0.717) is 23.3 Å². The minimum Gasteiger partial charge on any atom is -0.494 e. The number of hydrogen-bond donors (Lipinski definition) is 0. The van der Waals surface area contributed by atoms with Gasteiger partial charge >= 0.3 is 0 Å². The minimum absolute atomic E-state index is 0. The van der Waals surface area contributed by atoms with E-state index in [1.807, 2.05) is 49.4 Å². The molecule has 10 heteroatoms. The van der Waals surface area contributed by atoms with Crippen molar-refractivity contribution in [3.05, 3.63) is 47.5 Å². The summed E-state index contributed by atoms with van der Waals surface area (Å²) in [7, 11) is 0. The summed E-state index contributed by atoms with van der Waals surface area (Å²) in [6, 6.07) is 13.7. The zero-order chi connectivity index (χ0) is 22.6. The van der Waals surface area contributed by atoms with Gasteiger partial charge in [-0.05, 0) is 43.7 Å². The molecule has 1 aliphatic heterocycles. The van der Waals surface area contributed by atoms with Gasteiger partial charge in [0.25, 0.3) is 5.91 Å². The highest BCUT2D eigenvalue weighted by Gasteiger charge is 2.24. The van der Waals surface area contributed by atoms with Crippen LogP contribution in [0.4, 0.5) is 5.13 Å². The lowest BCUT2D eigenvalue weighted by atomic mass is 10.3. The maximum atomic E-state index is 13.6. The third-order valence-corrected chi connectivity index (χ3v) is 7.64. The average Bonchev–Trinajstić information content (AvgIpc) is 3.46. The van der Waals surface area contributed by atoms with E-state index >= 15 is 0 Å². The van der Waals surface area contributed by atoms with E-state index in [2.05, 4.69) is 9.88 Å². The number of nitrogens with zero attached hydrogens (tertiary/aromatic N) is 4. The van der Waals surface area contributed by atoms with Gasteiger partial charge in [-0.25, -0.2) is 9.97 Å². The van der Waals surface area contributed by atoms with Crippen LogP contribution in [0.5, 0.6) is 5.75 Å². The van der Waals surface area contributed by atoms with E-state index in [-0.39, 0.29) is 18.3 Å². The Balaban J connectivity index is 0.00000274. The number of rotatable bonds is 8. The third kappa shape index (κ3) is 5.50. The van der Waals surface area contributed by atoms with Crippen LogP contribution in [0.15, 0.2) is 42.5 Å². The number of fused-ring (bicyclic) bond motifs is 2. The molecule has 0 radical (unpaired) electrons. The maximum absolute atomic E-state index is 13.6. The van der Waals surface area contributed by atoms with Crippen LogP contribution >= 0.6 is 35.1 Å². The van der Waals surface area contributed by atoms with E-state index in [1.165, 1.54) is 22.7 Å². The molecule has 1 fully saturated rings. The lowest BCUT2D eigenvalue weighted by molar-refractivity contribution is 0.0376. The molecule has 0 saturated carbocycles. The molecule has 1 aliphatic rings. The van der Waals surface area contributed by atoms with Crippen molar-refractivity contribution in [3.8, 4) is 5.75 Å². The molecule has 4 aromatic rings. The third-order valence-electron chi connectivity index (χ3n) is 5.57. The van der Waals surface area contributed by atoms with Crippen LogP contribution in [0.3, 0.4) is 0 Å². The second kappa shape index (κ2) is 11.4. The fourth-order valence-electron chi connectivity index (χ4n) is 3.91. The predicted octanol–water partition coefficient (Wildman–Crippen LogP) is 5.10. The van der Waals surface area contributed by atoms with E-state index in [4.69, 9.17) is 14.5 Å². The molecule has 0 atom stereocenters. The van der Waals surface area contributed by atoms with Crippen LogP contribution < -0.4 is 9.64 Å². The average molecular weight is 519 g/mol. The SMILES string of the molecule is CCOc1ccc2nc(N(CCCN3CCOCC3)C(=O)c3nc4ccccc4s3)sc2c1.Cl.